The van der Waals surface area contributed by atoms with Crippen LogP contribution in [0.1, 0.15) is 19.7 Å². The first kappa shape index (κ1) is 13.1. The number of sulfonamides is 1. The van der Waals surface area contributed by atoms with Crippen molar-refractivity contribution in [2.24, 2.45) is 0 Å². The van der Waals surface area contributed by atoms with Gasteiger partial charge < -0.3 is 4.98 Å². The predicted molar refractivity (Wildman–Crippen MR) is 56.5 cm³/mol. The van der Waals surface area contributed by atoms with Crippen molar-refractivity contribution < 1.29 is 8.42 Å². The van der Waals surface area contributed by atoms with Crippen molar-refractivity contribution >= 4 is 10.0 Å². The van der Waals surface area contributed by atoms with Crippen LogP contribution in [0.25, 0.3) is 0 Å². The van der Waals surface area contributed by atoms with E-state index in [0.717, 1.165) is 12.1 Å². The number of aromatic amines is 1. The molecule has 1 heterocycles. The number of nitrogens with one attached hydrogen (secondary N) is 2. The number of hydrogen-bond donors (Lipinski definition) is 2. The Hall–Kier alpha value is -0.880. The number of H-pyrrole nitrogens is 1. The van der Waals surface area contributed by atoms with E-state index in [4.69, 9.17) is 0 Å². The summed E-state index contributed by atoms with van der Waals surface area (Å²) in [6.45, 7) is 4.38. The minimum absolute atomic E-state index is 0.381. The Morgan fingerprint density at radius 1 is 1.50 bits per heavy atom. The molecule has 0 atom stereocenters. The lowest BCUT2D eigenvalue weighted by Crippen LogP contribution is -2.24. The van der Waals surface area contributed by atoms with E-state index in [-0.39, 0.29) is 0 Å². The molecule has 0 bridgehead atoms. The van der Waals surface area contributed by atoms with Crippen LogP contribution in [0.3, 0.4) is 0 Å². The van der Waals surface area contributed by atoms with E-state index >= 15 is 0 Å². The first-order chi connectivity index (χ1) is 6.58. The largest absolute Gasteiger partial charge is 0.349 e. The Morgan fingerprint density at radius 3 is 2.57 bits per heavy atom. The quantitative estimate of drug-likeness (QED) is 0.775. The molecule has 14 heavy (non-hydrogen) atoms. The van der Waals surface area contributed by atoms with Crippen LogP contribution in [0.4, 0.5) is 0 Å². The third-order valence-corrected chi connectivity index (χ3v) is 2.01. The van der Waals surface area contributed by atoms with Gasteiger partial charge in [-0.25, -0.2) is 18.1 Å². The van der Waals surface area contributed by atoms with Gasteiger partial charge >= 0.3 is 0 Å². The summed E-state index contributed by atoms with van der Waals surface area (Å²) in [5.41, 5.74) is 0. The maximum absolute atomic E-state index is 10.6. The highest BCUT2D eigenvalue weighted by Gasteiger charge is 2.00. The molecule has 0 aromatic carbocycles. The molecule has 0 saturated carbocycles. The van der Waals surface area contributed by atoms with E-state index < -0.39 is 10.0 Å². The average molecular weight is 219 g/mol. The van der Waals surface area contributed by atoms with Crippen molar-refractivity contribution in [1.29, 1.82) is 0 Å². The maximum Gasteiger partial charge on any atom is 0.208 e. The van der Waals surface area contributed by atoms with Gasteiger partial charge in [-0.05, 0) is 0 Å². The molecule has 1 aromatic heterocycles. The molecule has 1 aromatic rings. The summed E-state index contributed by atoms with van der Waals surface area (Å²) in [5, 5.41) is 0. The lowest BCUT2D eigenvalue weighted by molar-refractivity contribution is 0.587. The van der Waals surface area contributed by atoms with Crippen molar-refractivity contribution in [2.75, 3.05) is 12.8 Å². The molecule has 0 amide bonds. The molecule has 0 aliphatic heterocycles. The van der Waals surface area contributed by atoms with Gasteiger partial charge in [0.2, 0.25) is 10.0 Å². The van der Waals surface area contributed by atoms with Gasteiger partial charge in [0.15, 0.2) is 0 Å². The van der Waals surface area contributed by atoms with Crippen molar-refractivity contribution in [3.63, 3.8) is 0 Å². The number of imidazole rings is 1. The number of nitrogens with zero attached hydrogens (tertiary/aromatic N) is 1. The standard InChI is InChI=1S/C6H11N3O2S.C2H6/c1-12(10,11)9-3-2-6-7-4-5-8-6;1-2/h4-5,9H,2-3H2,1H3,(H,7,8);1-2H3. The number of hydrogen-bond acceptors (Lipinski definition) is 3. The Kier molecular flexibility index (Phi) is 6.14. The predicted octanol–water partition coefficient (Wildman–Crippen LogP) is 0.528. The molecular weight excluding hydrogens is 202 g/mol. The van der Waals surface area contributed by atoms with Gasteiger partial charge in [-0.2, -0.15) is 0 Å². The zero-order valence-electron chi connectivity index (χ0n) is 8.74. The van der Waals surface area contributed by atoms with E-state index in [0.29, 0.717) is 13.0 Å². The normalized spacial score (nSPS) is 10.5. The summed E-state index contributed by atoms with van der Waals surface area (Å²) >= 11 is 0. The fourth-order valence-electron chi connectivity index (χ4n) is 0.790. The monoisotopic (exact) mass is 219 g/mol. The second-order valence-corrected chi connectivity index (χ2v) is 4.29. The maximum atomic E-state index is 10.6. The van der Waals surface area contributed by atoms with Gasteiger partial charge in [0, 0.05) is 25.4 Å². The topological polar surface area (TPSA) is 74.8 Å². The van der Waals surface area contributed by atoms with Crippen molar-refractivity contribution in [1.82, 2.24) is 14.7 Å². The third kappa shape index (κ3) is 6.62. The highest BCUT2D eigenvalue weighted by molar-refractivity contribution is 7.88. The van der Waals surface area contributed by atoms with Gasteiger partial charge in [-0.15, -0.1) is 0 Å². The average Bonchev–Trinajstić information content (AvgIpc) is 2.58. The molecule has 6 heteroatoms. The SMILES string of the molecule is CC.CS(=O)(=O)NCCc1ncc[nH]1. The molecular formula is C8H17N3O2S. The van der Waals surface area contributed by atoms with E-state index in [1.165, 1.54) is 0 Å². The van der Waals surface area contributed by atoms with E-state index in [1.54, 1.807) is 12.4 Å². The second-order valence-electron chi connectivity index (χ2n) is 2.45. The van der Waals surface area contributed by atoms with Crippen molar-refractivity contribution in [3.8, 4) is 0 Å². The Morgan fingerprint density at radius 2 is 2.14 bits per heavy atom. The lowest BCUT2D eigenvalue weighted by atomic mass is 10.4. The van der Waals surface area contributed by atoms with E-state index in [9.17, 15) is 8.42 Å². The van der Waals surface area contributed by atoms with Gasteiger partial charge in [0.25, 0.3) is 0 Å². The van der Waals surface area contributed by atoms with Crippen LogP contribution in [0, 0.1) is 0 Å². The first-order valence-corrected chi connectivity index (χ1v) is 6.40. The zero-order chi connectivity index (χ0) is 11.0. The minimum atomic E-state index is -3.07. The zero-order valence-corrected chi connectivity index (χ0v) is 9.56. The lowest BCUT2D eigenvalue weighted by Gasteiger charge is -1.98. The van der Waals surface area contributed by atoms with Gasteiger partial charge in [0.1, 0.15) is 5.82 Å². The van der Waals surface area contributed by atoms with Crippen LogP contribution < -0.4 is 4.72 Å². The number of rotatable bonds is 4. The summed E-state index contributed by atoms with van der Waals surface area (Å²) in [7, 11) is -3.07. The minimum Gasteiger partial charge on any atom is -0.349 e. The van der Waals surface area contributed by atoms with E-state index in [2.05, 4.69) is 14.7 Å². The summed E-state index contributed by atoms with van der Waals surface area (Å²) in [4.78, 5) is 6.82. The molecule has 2 N–H and O–H groups in total. The third-order valence-electron chi connectivity index (χ3n) is 1.28. The van der Waals surface area contributed by atoms with Gasteiger partial charge in [0.05, 0.1) is 6.26 Å². The molecule has 1 rings (SSSR count). The van der Waals surface area contributed by atoms with Gasteiger partial charge in [-0.3, -0.25) is 0 Å². The van der Waals surface area contributed by atoms with Crippen LogP contribution >= 0.6 is 0 Å². The fourth-order valence-corrected chi connectivity index (χ4v) is 1.26. The number of aromatic nitrogens is 2. The van der Waals surface area contributed by atoms with Crippen LogP contribution in [-0.4, -0.2) is 31.2 Å². The van der Waals surface area contributed by atoms with E-state index in [1.807, 2.05) is 13.8 Å². The first-order valence-electron chi connectivity index (χ1n) is 4.51. The van der Waals surface area contributed by atoms with Crippen molar-refractivity contribution in [2.45, 2.75) is 20.3 Å². The summed E-state index contributed by atoms with van der Waals surface area (Å²) in [5.74, 6) is 0.783. The Balaban J connectivity index is 0.000000791. The van der Waals surface area contributed by atoms with Crippen LogP contribution in [0.2, 0.25) is 0 Å². The van der Waals surface area contributed by atoms with Crippen LogP contribution in [0.5, 0.6) is 0 Å². The second kappa shape index (κ2) is 6.56. The highest BCUT2D eigenvalue weighted by atomic mass is 32.2. The van der Waals surface area contributed by atoms with Crippen LogP contribution in [-0.2, 0) is 16.4 Å². The molecule has 0 unspecified atom stereocenters. The smallest absolute Gasteiger partial charge is 0.208 e. The fraction of sp³-hybridized carbons (Fsp3) is 0.625. The summed E-state index contributed by atoms with van der Waals surface area (Å²) in [6, 6.07) is 0. The molecule has 0 spiro atoms. The molecule has 0 saturated heterocycles. The highest BCUT2D eigenvalue weighted by Crippen LogP contribution is 1.88. The molecule has 0 fully saturated rings. The molecule has 0 aliphatic carbocycles. The molecule has 82 valence electrons. The molecule has 0 radical (unpaired) electrons. The van der Waals surface area contributed by atoms with Crippen molar-refractivity contribution in [3.05, 3.63) is 18.2 Å². The molecule has 0 aliphatic rings. The summed E-state index contributed by atoms with van der Waals surface area (Å²) < 4.78 is 23.6. The van der Waals surface area contributed by atoms with Gasteiger partial charge in [-0.1, -0.05) is 13.8 Å². The summed E-state index contributed by atoms with van der Waals surface area (Å²) in [6.07, 6.45) is 5.06. The molecule has 5 nitrogen and oxygen atoms in total. The van der Waals surface area contributed by atoms with Crippen LogP contribution in [0.15, 0.2) is 12.4 Å². The Labute approximate surface area is 85.0 Å². The Bertz CT molecular complexity index is 318.